The number of hydrogen-bond acceptors (Lipinski definition) is 4. The molecule has 1 aliphatic carbocycles. The van der Waals surface area contributed by atoms with Crippen molar-refractivity contribution < 1.29 is 14.3 Å². The van der Waals surface area contributed by atoms with Crippen molar-refractivity contribution in [1.82, 2.24) is 15.5 Å². The molecule has 6 heteroatoms. The van der Waals surface area contributed by atoms with E-state index in [-0.39, 0.29) is 29.0 Å². The van der Waals surface area contributed by atoms with Gasteiger partial charge in [-0.1, -0.05) is 6.92 Å². The monoisotopic (exact) mass is 323 g/mol. The van der Waals surface area contributed by atoms with Crippen molar-refractivity contribution in [3.63, 3.8) is 0 Å². The Morgan fingerprint density at radius 1 is 1.26 bits per heavy atom. The average Bonchev–Trinajstić information content (AvgIpc) is 2.90. The molecular formula is C17H29N3O3. The van der Waals surface area contributed by atoms with Crippen LogP contribution in [0.2, 0.25) is 0 Å². The number of nitrogens with one attached hydrogen (secondary N) is 2. The molecule has 23 heavy (non-hydrogen) atoms. The Morgan fingerprint density at radius 2 is 1.91 bits per heavy atom. The van der Waals surface area contributed by atoms with Crippen LogP contribution >= 0.6 is 0 Å². The molecule has 3 rings (SSSR count). The normalized spacial score (nSPS) is 33.6. The third kappa shape index (κ3) is 2.93. The summed E-state index contributed by atoms with van der Waals surface area (Å²) >= 11 is 0. The molecule has 0 aromatic carbocycles. The van der Waals surface area contributed by atoms with Crippen LogP contribution in [0.25, 0.3) is 0 Å². The summed E-state index contributed by atoms with van der Waals surface area (Å²) in [6.07, 6.45) is 6.24. The smallest absolute Gasteiger partial charge is 0.318 e. The predicted octanol–water partition coefficient (Wildman–Crippen LogP) is 1.65. The van der Waals surface area contributed by atoms with Crippen molar-refractivity contribution in [3.05, 3.63) is 0 Å². The minimum Gasteiger partial charge on any atom is -0.469 e. The van der Waals surface area contributed by atoms with Crippen LogP contribution in [0.3, 0.4) is 0 Å². The van der Waals surface area contributed by atoms with Crippen LogP contribution in [0.5, 0.6) is 0 Å². The molecule has 0 unspecified atom stereocenters. The highest BCUT2D eigenvalue weighted by atomic mass is 16.5. The molecule has 0 radical (unpaired) electrons. The number of nitrogens with zero attached hydrogens (tertiary/aromatic N) is 1. The van der Waals surface area contributed by atoms with Gasteiger partial charge >= 0.3 is 12.0 Å². The Hall–Kier alpha value is -1.30. The van der Waals surface area contributed by atoms with Crippen LogP contribution < -0.4 is 10.6 Å². The summed E-state index contributed by atoms with van der Waals surface area (Å²) in [4.78, 5) is 26.6. The molecule has 0 bridgehead atoms. The molecule has 0 atom stereocenters. The topological polar surface area (TPSA) is 70.7 Å². The summed E-state index contributed by atoms with van der Waals surface area (Å²) in [5.41, 5.74) is -0.377. The van der Waals surface area contributed by atoms with Gasteiger partial charge in [-0.15, -0.1) is 0 Å². The number of carbonyl (C=O) groups is 2. The summed E-state index contributed by atoms with van der Waals surface area (Å²) in [5.74, 6) is -0.0841. The van der Waals surface area contributed by atoms with E-state index in [0.29, 0.717) is 0 Å². The van der Waals surface area contributed by atoms with E-state index in [1.807, 2.05) is 4.90 Å². The minimum absolute atomic E-state index is 0.0377. The molecule has 130 valence electrons. The van der Waals surface area contributed by atoms with Gasteiger partial charge in [0.1, 0.15) is 0 Å². The standard InChI is InChI=1S/C17H29N3O3/c1-3-16(14(21)23-2)6-4-13(5-7-16)20-12-17(19-15(20)22)8-10-18-11-9-17/h13,18H,3-12H2,1-2H3,(H,19,22). The van der Waals surface area contributed by atoms with E-state index in [1.165, 1.54) is 7.11 Å². The Balaban J connectivity index is 1.63. The van der Waals surface area contributed by atoms with E-state index in [2.05, 4.69) is 17.6 Å². The third-order valence-corrected chi connectivity index (χ3v) is 6.31. The summed E-state index contributed by atoms with van der Waals surface area (Å²) in [5, 5.41) is 6.60. The van der Waals surface area contributed by atoms with Gasteiger partial charge in [0.05, 0.1) is 18.1 Å². The number of hydrogen-bond donors (Lipinski definition) is 2. The summed E-state index contributed by atoms with van der Waals surface area (Å²) in [7, 11) is 1.47. The van der Waals surface area contributed by atoms with Crippen molar-refractivity contribution in [2.24, 2.45) is 5.41 Å². The molecule has 2 amide bonds. The first kappa shape index (κ1) is 16.6. The minimum atomic E-state index is -0.339. The van der Waals surface area contributed by atoms with Gasteiger partial charge in [0.2, 0.25) is 0 Å². The number of carbonyl (C=O) groups excluding carboxylic acids is 2. The van der Waals surface area contributed by atoms with Crippen molar-refractivity contribution in [2.75, 3.05) is 26.7 Å². The molecule has 0 aromatic rings. The Morgan fingerprint density at radius 3 is 2.48 bits per heavy atom. The summed E-state index contributed by atoms with van der Waals surface area (Å²) < 4.78 is 5.02. The van der Waals surface area contributed by atoms with Gasteiger partial charge in [0, 0.05) is 12.6 Å². The number of ether oxygens (including phenoxy) is 1. The maximum absolute atomic E-state index is 12.5. The zero-order chi connectivity index (χ0) is 16.5. The first-order valence-electron chi connectivity index (χ1n) is 8.92. The lowest BCUT2D eigenvalue weighted by Gasteiger charge is -2.40. The Labute approximate surface area is 138 Å². The lowest BCUT2D eigenvalue weighted by atomic mass is 9.70. The van der Waals surface area contributed by atoms with E-state index in [1.54, 1.807) is 0 Å². The highest BCUT2D eigenvalue weighted by Gasteiger charge is 2.48. The summed E-state index contributed by atoms with van der Waals surface area (Å²) in [6, 6.07) is 0.340. The molecule has 0 aromatic heterocycles. The molecule has 6 nitrogen and oxygen atoms in total. The fourth-order valence-corrected chi connectivity index (χ4v) is 4.60. The molecule has 3 fully saturated rings. The second-order valence-corrected chi connectivity index (χ2v) is 7.45. The van der Waals surface area contributed by atoms with Crippen LogP contribution in [-0.4, -0.2) is 55.2 Å². The van der Waals surface area contributed by atoms with Crippen LogP contribution in [0.4, 0.5) is 4.79 Å². The van der Waals surface area contributed by atoms with E-state index >= 15 is 0 Å². The van der Waals surface area contributed by atoms with Gasteiger partial charge in [-0.05, 0) is 58.0 Å². The number of esters is 1. The fourth-order valence-electron chi connectivity index (χ4n) is 4.60. The van der Waals surface area contributed by atoms with E-state index in [0.717, 1.165) is 64.6 Å². The van der Waals surface area contributed by atoms with Crippen molar-refractivity contribution in [1.29, 1.82) is 0 Å². The van der Waals surface area contributed by atoms with Crippen molar-refractivity contribution in [2.45, 2.75) is 63.5 Å². The van der Waals surface area contributed by atoms with Gasteiger partial charge in [-0.2, -0.15) is 0 Å². The first-order chi connectivity index (χ1) is 11.0. The quantitative estimate of drug-likeness (QED) is 0.775. The van der Waals surface area contributed by atoms with Gasteiger partial charge in [0.15, 0.2) is 0 Å². The number of rotatable bonds is 3. The molecule has 1 spiro atoms. The summed E-state index contributed by atoms with van der Waals surface area (Å²) in [6.45, 7) is 4.82. The molecular weight excluding hydrogens is 294 g/mol. The Bertz CT molecular complexity index is 466. The van der Waals surface area contributed by atoms with Crippen LogP contribution in [-0.2, 0) is 9.53 Å². The van der Waals surface area contributed by atoms with E-state index in [4.69, 9.17) is 4.74 Å². The fraction of sp³-hybridized carbons (Fsp3) is 0.882. The zero-order valence-electron chi connectivity index (χ0n) is 14.3. The maximum atomic E-state index is 12.5. The highest BCUT2D eigenvalue weighted by Crippen LogP contribution is 2.42. The number of amides is 2. The van der Waals surface area contributed by atoms with Crippen molar-refractivity contribution >= 4 is 12.0 Å². The van der Waals surface area contributed by atoms with Gasteiger partial charge < -0.3 is 20.3 Å². The largest absolute Gasteiger partial charge is 0.469 e. The Kier molecular flexibility index (Phi) is 4.54. The average molecular weight is 323 g/mol. The molecule has 2 N–H and O–H groups in total. The second kappa shape index (κ2) is 6.30. The van der Waals surface area contributed by atoms with Crippen molar-refractivity contribution in [3.8, 4) is 0 Å². The molecule has 2 heterocycles. The molecule has 1 saturated carbocycles. The van der Waals surface area contributed by atoms with E-state index in [9.17, 15) is 9.59 Å². The van der Waals surface area contributed by atoms with Crippen LogP contribution in [0, 0.1) is 5.41 Å². The number of urea groups is 1. The first-order valence-corrected chi connectivity index (χ1v) is 8.92. The zero-order valence-corrected chi connectivity index (χ0v) is 14.3. The molecule has 2 aliphatic heterocycles. The lowest BCUT2D eigenvalue weighted by Crippen LogP contribution is -2.51. The maximum Gasteiger partial charge on any atom is 0.318 e. The SMILES string of the molecule is CCC1(C(=O)OC)CCC(N2CC3(CCNCC3)NC2=O)CC1. The van der Waals surface area contributed by atoms with Gasteiger partial charge in [-0.3, -0.25) is 4.79 Å². The lowest BCUT2D eigenvalue weighted by molar-refractivity contribution is -0.155. The molecule has 3 aliphatic rings. The van der Waals surface area contributed by atoms with Crippen LogP contribution in [0.15, 0.2) is 0 Å². The predicted molar refractivity (Wildman–Crippen MR) is 87.1 cm³/mol. The number of methoxy groups -OCH3 is 1. The highest BCUT2D eigenvalue weighted by molar-refractivity contribution is 5.79. The number of piperidine rings is 1. The van der Waals surface area contributed by atoms with Gasteiger partial charge in [-0.25, -0.2) is 4.79 Å². The van der Waals surface area contributed by atoms with Crippen LogP contribution in [0.1, 0.15) is 51.9 Å². The second-order valence-electron chi connectivity index (χ2n) is 7.45. The third-order valence-electron chi connectivity index (χ3n) is 6.31. The molecule has 2 saturated heterocycles. The van der Waals surface area contributed by atoms with Gasteiger partial charge in [0.25, 0.3) is 0 Å². The van der Waals surface area contributed by atoms with E-state index < -0.39 is 0 Å².